The highest BCUT2D eigenvalue weighted by Gasteiger charge is 2.29. The van der Waals surface area contributed by atoms with Gasteiger partial charge in [0, 0.05) is 31.7 Å². The van der Waals surface area contributed by atoms with Gasteiger partial charge in [0.25, 0.3) is 0 Å². The van der Waals surface area contributed by atoms with Gasteiger partial charge in [0.15, 0.2) is 0 Å². The summed E-state index contributed by atoms with van der Waals surface area (Å²) in [6.07, 6.45) is 0.628. The van der Waals surface area contributed by atoms with Crippen molar-refractivity contribution in [3.8, 4) is 0 Å². The normalized spacial score (nSPS) is 17.4. The predicted molar refractivity (Wildman–Crippen MR) is 94.4 cm³/mol. The van der Waals surface area contributed by atoms with Crippen molar-refractivity contribution in [2.75, 3.05) is 26.2 Å². The Bertz CT molecular complexity index is 695. The molecule has 0 bridgehead atoms. The molecule has 6 nitrogen and oxygen atoms in total. The lowest BCUT2D eigenvalue weighted by atomic mass is 10.1. The number of sulfonamides is 1. The minimum Gasteiger partial charge on any atom is -0.333 e. The lowest BCUT2D eigenvalue weighted by Crippen LogP contribution is -2.49. The van der Waals surface area contributed by atoms with Crippen molar-refractivity contribution in [3.05, 3.63) is 29.8 Å². The molecule has 1 saturated heterocycles. The van der Waals surface area contributed by atoms with Crippen LogP contribution in [0, 0.1) is 6.92 Å². The minimum atomic E-state index is -3.53. The van der Waals surface area contributed by atoms with Crippen LogP contribution < -0.4 is 5.32 Å². The van der Waals surface area contributed by atoms with Gasteiger partial charge in [0.05, 0.1) is 4.90 Å². The standard InChI is InChI=1S/C17H27N3O3S/c1-14-8-5-6-9-15(14)24(22,23)20-11-7-10-19(12-13-20)16(21)18-17(2,3)4/h5-6,8-9H,7,10-13H2,1-4H3,(H,18,21). The highest BCUT2D eigenvalue weighted by Crippen LogP contribution is 2.21. The summed E-state index contributed by atoms with van der Waals surface area (Å²) in [6.45, 7) is 9.28. The van der Waals surface area contributed by atoms with Crippen LogP contribution in [0.2, 0.25) is 0 Å². The smallest absolute Gasteiger partial charge is 0.317 e. The topological polar surface area (TPSA) is 69.7 Å². The maximum absolute atomic E-state index is 12.9. The summed E-state index contributed by atoms with van der Waals surface area (Å²) < 4.78 is 27.2. The third kappa shape index (κ3) is 4.48. The number of carbonyl (C=O) groups excluding carboxylic acids is 1. The molecule has 134 valence electrons. The largest absolute Gasteiger partial charge is 0.333 e. The number of hydrogen-bond donors (Lipinski definition) is 1. The summed E-state index contributed by atoms with van der Waals surface area (Å²) in [5.74, 6) is 0. The summed E-state index contributed by atoms with van der Waals surface area (Å²) in [5, 5.41) is 2.93. The monoisotopic (exact) mass is 353 g/mol. The average molecular weight is 353 g/mol. The summed E-state index contributed by atoms with van der Waals surface area (Å²) in [6, 6.07) is 6.86. The quantitative estimate of drug-likeness (QED) is 0.886. The highest BCUT2D eigenvalue weighted by atomic mass is 32.2. The van der Waals surface area contributed by atoms with Gasteiger partial charge < -0.3 is 10.2 Å². The Morgan fingerprint density at radius 1 is 1.08 bits per heavy atom. The van der Waals surface area contributed by atoms with Crippen molar-refractivity contribution in [3.63, 3.8) is 0 Å². The molecule has 24 heavy (non-hydrogen) atoms. The Labute approximate surface area is 144 Å². The molecule has 7 heteroatoms. The first kappa shape index (κ1) is 18.7. The fourth-order valence-corrected chi connectivity index (χ4v) is 4.42. The second-order valence-electron chi connectivity index (χ2n) is 7.19. The second kappa shape index (κ2) is 7.11. The van der Waals surface area contributed by atoms with E-state index in [1.807, 2.05) is 26.8 Å². The molecule has 2 amide bonds. The number of urea groups is 1. The van der Waals surface area contributed by atoms with Crippen molar-refractivity contribution in [1.29, 1.82) is 0 Å². The average Bonchev–Trinajstić information content (AvgIpc) is 2.72. The predicted octanol–water partition coefficient (Wildman–Crippen LogP) is 2.20. The van der Waals surface area contributed by atoms with E-state index in [4.69, 9.17) is 0 Å². The van der Waals surface area contributed by atoms with Crippen LogP contribution in [0.25, 0.3) is 0 Å². The maximum Gasteiger partial charge on any atom is 0.317 e. The van der Waals surface area contributed by atoms with Crippen LogP contribution in [0.3, 0.4) is 0 Å². The van der Waals surface area contributed by atoms with Gasteiger partial charge in [-0.3, -0.25) is 0 Å². The first-order valence-electron chi connectivity index (χ1n) is 8.24. The van der Waals surface area contributed by atoms with Gasteiger partial charge in [-0.05, 0) is 45.7 Å². The zero-order chi connectivity index (χ0) is 18.0. The van der Waals surface area contributed by atoms with E-state index in [0.717, 1.165) is 5.56 Å². The van der Waals surface area contributed by atoms with E-state index in [-0.39, 0.29) is 11.6 Å². The molecule has 1 heterocycles. The molecule has 1 aromatic carbocycles. The van der Waals surface area contributed by atoms with Gasteiger partial charge in [-0.1, -0.05) is 18.2 Å². The molecule has 1 aliphatic heterocycles. The molecule has 0 aromatic heterocycles. The van der Waals surface area contributed by atoms with Gasteiger partial charge in [-0.2, -0.15) is 4.31 Å². The van der Waals surface area contributed by atoms with Crippen LogP contribution in [0.15, 0.2) is 29.2 Å². The Morgan fingerprint density at radius 3 is 2.38 bits per heavy atom. The fourth-order valence-electron chi connectivity index (χ4n) is 2.72. The van der Waals surface area contributed by atoms with Crippen molar-refractivity contribution in [1.82, 2.24) is 14.5 Å². The van der Waals surface area contributed by atoms with Crippen molar-refractivity contribution < 1.29 is 13.2 Å². The summed E-state index contributed by atoms with van der Waals surface area (Å²) in [5.41, 5.74) is 0.431. The number of aryl methyl sites for hydroxylation is 1. The van der Waals surface area contributed by atoms with Gasteiger partial charge in [-0.15, -0.1) is 0 Å². The molecule has 1 N–H and O–H groups in total. The maximum atomic E-state index is 12.9. The zero-order valence-corrected chi connectivity index (χ0v) is 15.7. The second-order valence-corrected chi connectivity index (χ2v) is 9.10. The number of benzene rings is 1. The van der Waals surface area contributed by atoms with Crippen molar-refractivity contribution >= 4 is 16.1 Å². The van der Waals surface area contributed by atoms with Gasteiger partial charge in [0.1, 0.15) is 0 Å². The Balaban J connectivity index is 2.11. The zero-order valence-electron chi connectivity index (χ0n) is 14.9. The van der Waals surface area contributed by atoms with E-state index in [9.17, 15) is 13.2 Å². The van der Waals surface area contributed by atoms with E-state index < -0.39 is 10.0 Å². The van der Waals surface area contributed by atoms with Crippen molar-refractivity contribution in [2.24, 2.45) is 0 Å². The molecule has 1 aliphatic rings. The molecule has 0 aliphatic carbocycles. The molecule has 1 aromatic rings. The van der Waals surface area contributed by atoms with E-state index in [1.54, 1.807) is 30.0 Å². The Hall–Kier alpha value is -1.60. The van der Waals surface area contributed by atoms with Crippen LogP contribution in [0.4, 0.5) is 4.79 Å². The third-order valence-corrected chi connectivity index (χ3v) is 5.99. The first-order valence-corrected chi connectivity index (χ1v) is 9.68. The number of nitrogens with one attached hydrogen (secondary N) is 1. The van der Waals surface area contributed by atoms with E-state index in [1.165, 1.54) is 4.31 Å². The molecular weight excluding hydrogens is 326 g/mol. The summed E-state index contributed by atoms with van der Waals surface area (Å²) >= 11 is 0. The van der Waals surface area contributed by atoms with Gasteiger partial charge in [-0.25, -0.2) is 13.2 Å². The number of rotatable bonds is 2. The fraction of sp³-hybridized carbons (Fsp3) is 0.588. The number of hydrogen-bond acceptors (Lipinski definition) is 3. The lowest BCUT2D eigenvalue weighted by molar-refractivity contribution is 0.191. The van der Waals surface area contributed by atoms with Crippen molar-refractivity contribution in [2.45, 2.75) is 44.6 Å². The first-order chi connectivity index (χ1) is 11.1. The molecule has 1 fully saturated rings. The lowest BCUT2D eigenvalue weighted by Gasteiger charge is -2.27. The molecule has 2 rings (SSSR count). The minimum absolute atomic E-state index is 0.141. The molecule has 0 saturated carbocycles. The number of nitrogens with zero attached hydrogens (tertiary/aromatic N) is 2. The molecule has 0 atom stereocenters. The molecule has 0 radical (unpaired) electrons. The van der Waals surface area contributed by atoms with Crippen LogP contribution in [-0.2, 0) is 10.0 Å². The van der Waals surface area contributed by atoms with Crippen LogP contribution in [-0.4, -0.2) is 55.4 Å². The van der Waals surface area contributed by atoms with Crippen LogP contribution >= 0.6 is 0 Å². The van der Waals surface area contributed by atoms with Gasteiger partial charge in [0.2, 0.25) is 10.0 Å². The Morgan fingerprint density at radius 2 is 1.75 bits per heavy atom. The highest BCUT2D eigenvalue weighted by molar-refractivity contribution is 7.89. The summed E-state index contributed by atoms with van der Waals surface area (Å²) in [7, 11) is -3.53. The van der Waals surface area contributed by atoms with Crippen LogP contribution in [0.1, 0.15) is 32.8 Å². The SMILES string of the molecule is Cc1ccccc1S(=O)(=O)N1CCCN(C(=O)NC(C)(C)C)CC1. The molecular formula is C17H27N3O3S. The molecule has 0 unspecified atom stereocenters. The Kier molecular flexibility index (Phi) is 5.55. The number of amides is 2. The number of carbonyl (C=O) groups is 1. The summed E-state index contributed by atoms with van der Waals surface area (Å²) in [4.78, 5) is 14.3. The van der Waals surface area contributed by atoms with Crippen LogP contribution in [0.5, 0.6) is 0 Å². The van der Waals surface area contributed by atoms with Gasteiger partial charge >= 0.3 is 6.03 Å². The third-order valence-electron chi connectivity index (χ3n) is 3.94. The van der Waals surface area contributed by atoms with E-state index in [0.29, 0.717) is 37.5 Å². The van der Waals surface area contributed by atoms with E-state index >= 15 is 0 Å². The molecule has 0 spiro atoms. The van der Waals surface area contributed by atoms with E-state index in [2.05, 4.69) is 5.32 Å².